The van der Waals surface area contributed by atoms with Gasteiger partial charge in [0.05, 0.1) is 12.1 Å². The Morgan fingerprint density at radius 1 is 1.23 bits per heavy atom. The highest BCUT2D eigenvalue weighted by molar-refractivity contribution is 7.90. The summed E-state index contributed by atoms with van der Waals surface area (Å²) in [6.07, 6.45) is 4.18. The minimum atomic E-state index is -4.15. The number of rotatable bonds is 8. The van der Waals surface area contributed by atoms with Crippen LogP contribution in [-0.4, -0.2) is 36.1 Å². The number of benzene rings is 1. The second-order valence-electron chi connectivity index (χ2n) is 8.87. The molecule has 1 aliphatic rings. The first kappa shape index (κ1) is 24.6. The predicted molar refractivity (Wildman–Crippen MR) is 131 cm³/mol. The molecule has 0 aliphatic heterocycles. The summed E-state index contributed by atoms with van der Waals surface area (Å²) >= 11 is 0. The van der Waals surface area contributed by atoms with Gasteiger partial charge in [-0.05, 0) is 80.1 Å². The molecule has 1 amide bonds. The van der Waals surface area contributed by atoms with Crippen LogP contribution in [0.1, 0.15) is 54.4 Å². The van der Waals surface area contributed by atoms with Crippen molar-refractivity contribution in [3.05, 3.63) is 64.6 Å². The van der Waals surface area contributed by atoms with E-state index in [1.807, 2.05) is 32.0 Å². The third kappa shape index (κ3) is 5.11. The van der Waals surface area contributed by atoms with Gasteiger partial charge in [0.2, 0.25) is 5.91 Å². The number of nitrogens with zero attached hydrogens (tertiary/aromatic N) is 4. The summed E-state index contributed by atoms with van der Waals surface area (Å²) < 4.78 is 29.9. The number of nitriles is 1. The Bertz CT molecular complexity index is 1420. The summed E-state index contributed by atoms with van der Waals surface area (Å²) in [6, 6.07) is 10.9. The molecule has 4 rings (SSSR count). The highest BCUT2D eigenvalue weighted by Crippen LogP contribution is 2.34. The van der Waals surface area contributed by atoms with E-state index in [-0.39, 0.29) is 23.2 Å². The zero-order chi connectivity index (χ0) is 25.2. The molecule has 2 N–H and O–H groups in total. The maximum Gasteiger partial charge on any atom is 0.283 e. The normalized spacial score (nSPS) is 13.0. The van der Waals surface area contributed by atoms with Crippen molar-refractivity contribution in [1.29, 1.82) is 5.26 Å². The number of aromatic nitrogens is 3. The molecule has 1 aromatic carbocycles. The molecule has 2 aromatic heterocycles. The van der Waals surface area contributed by atoms with Crippen molar-refractivity contribution in [3.8, 4) is 17.2 Å². The summed E-state index contributed by atoms with van der Waals surface area (Å²) in [4.78, 5) is 17.1. The molecule has 0 unspecified atom stereocenters. The summed E-state index contributed by atoms with van der Waals surface area (Å²) in [5.74, 6) is -0.629. The number of fused-ring (bicyclic) bond motifs is 1. The lowest BCUT2D eigenvalue weighted by Crippen LogP contribution is -2.32. The van der Waals surface area contributed by atoms with Gasteiger partial charge in [-0.1, -0.05) is 12.1 Å². The molecule has 0 fully saturated rings. The lowest BCUT2D eigenvalue weighted by molar-refractivity contribution is -0.118. The molecular weight excluding hydrogens is 464 g/mol. The molecule has 2 heterocycles. The Kier molecular flexibility index (Phi) is 7.00. The van der Waals surface area contributed by atoms with Crippen LogP contribution in [0.15, 0.2) is 41.6 Å². The Balaban J connectivity index is 1.65. The fourth-order valence-corrected chi connectivity index (χ4v) is 5.54. The fourth-order valence-electron chi connectivity index (χ4n) is 4.57. The quantitative estimate of drug-likeness (QED) is 0.494. The van der Waals surface area contributed by atoms with E-state index in [1.54, 1.807) is 30.1 Å². The van der Waals surface area contributed by atoms with Crippen molar-refractivity contribution in [1.82, 2.24) is 24.8 Å². The number of hydrogen-bond acceptors (Lipinski definition) is 7. The molecular formula is C25H28N6O3S. The van der Waals surface area contributed by atoms with Gasteiger partial charge in [-0.25, -0.2) is 9.71 Å². The molecule has 3 aromatic rings. The van der Waals surface area contributed by atoms with Crippen LogP contribution >= 0.6 is 0 Å². The van der Waals surface area contributed by atoms with E-state index < -0.39 is 15.9 Å². The molecule has 0 bridgehead atoms. The van der Waals surface area contributed by atoms with E-state index in [9.17, 15) is 18.5 Å². The number of amides is 1. The second-order valence-corrected chi connectivity index (χ2v) is 10.5. The van der Waals surface area contributed by atoms with Crippen LogP contribution in [0.2, 0.25) is 0 Å². The van der Waals surface area contributed by atoms with E-state index >= 15 is 0 Å². The Morgan fingerprint density at radius 2 is 2.03 bits per heavy atom. The number of carbonyl (C=O) groups is 1. The van der Waals surface area contributed by atoms with Crippen molar-refractivity contribution < 1.29 is 13.2 Å². The summed E-state index contributed by atoms with van der Waals surface area (Å²) in [5.41, 5.74) is 5.59. The maximum atomic E-state index is 13.1. The zero-order valence-corrected chi connectivity index (χ0v) is 20.8. The van der Waals surface area contributed by atoms with Crippen LogP contribution < -0.4 is 10.0 Å². The van der Waals surface area contributed by atoms with Crippen molar-refractivity contribution in [2.45, 2.75) is 57.1 Å². The minimum Gasteiger partial charge on any atom is -0.314 e. The van der Waals surface area contributed by atoms with Gasteiger partial charge >= 0.3 is 0 Å². The summed E-state index contributed by atoms with van der Waals surface area (Å²) in [6.45, 7) is 4.27. The van der Waals surface area contributed by atoms with Crippen LogP contribution in [-0.2, 0) is 40.6 Å². The number of sulfonamides is 1. The van der Waals surface area contributed by atoms with E-state index in [4.69, 9.17) is 0 Å². The molecule has 0 saturated carbocycles. The topological polar surface area (TPSA) is 130 Å². The lowest BCUT2D eigenvalue weighted by Gasteiger charge is -2.15. The third-order valence-electron chi connectivity index (χ3n) is 6.09. The molecule has 0 radical (unpaired) electrons. The average molecular weight is 493 g/mol. The van der Waals surface area contributed by atoms with Crippen molar-refractivity contribution in [3.63, 3.8) is 0 Å². The SMILES string of the molecule is CNCc1cc(S(=O)(=O)NC(=O)Cc2c(-c3ccnc(C#N)c3)ccc3c2CCC3)nn1C(C)C. The number of hydrogen-bond donors (Lipinski definition) is 2. The first-order chi connectivity index (χ1) is 16.7. The monoisotopic (exact) mass is 492 g/mol. The van der Waals surface area contributed by atoms with Crippen molar-refractivity contribution >= 4 is 15.9 Å². The van der Waals surface area contributed by atoms with Crippen molar-refractivity contribution in [2.24, 2.45) is 0 Å². The zero-order valence-electron chi connectivity index (χ0n) is 20.0. The fraction of sp³-hybridized carbons (Fsp3) is 0.360. The lowest BCUT2D eigenvalue weighted by atomic mass is 9.91. The largest absolute Gasteiger partial charge is 0.314 e. The van der Waals surface area contributed by atoms with E-state index in [1.165, 1.54) is 11.6 Å². The van der Waals surface area contributed by atoms with Crippen LogP contribution in [0, 0.1) is 11.3 Å². The van der Waals surface area contributed by atoms with Gasteiger partial charge in [0.25, 0.3) is 10.0 Å². The molecule has 9 nitrogen and oxygen atoms in total. The van der Waals surface area contributed by atoms with Gasteiger partial charge in [-0.15, -0.1) is 0 Å². The van der Waals surface area contributed by atoms with Gasteiger partial charge in [0.15, 0.2) is 5.03 Å². The van der Waals surface area contributed by atoms with Crippen LogP contribution in [0.5, 0.6) is 0 Å². The van der Waals surface area contributed by atoms with Gasteiger partial charge in [-0.3, -0.25) is 9.48 Å². The molecule has 35 heavy (non-hydrogen) atoms. The second kappa shape index (κ2) is 9.98. The van der Waals surface area contributed by atoms with Gasteiger partial charge < -0.3 is 5.32 Å². The van der Waals surface area contributed by atoms with Crippen LogP contribution in [0.3, 0.4) is 0 Å². The Hall–Kier alpha value is -3.55. The van der Waals surface area contributed by atoms with Crippen molar-refractivity contribution in [2.75, 3.05) is 7.05 Å². The van der Waals surface area contributed by atoms with Gasteiger partial charge in [-0.2, -0.15) is 18.8 Å². The molecule has 0 atom stereocenters. The highest BCUT2D eigenvalue weighted by atomic mass is 32.2. The summed E-state index contributed by atoms with van der Waals surface area (Å²) in [5, 5.41) is 16.3. The average Bonchev–Trinajstić information content (AvgIpc) is 3.47. The Labute approximate surface area is 205 Å². The summed E-state index contributed by atoms with van der Waals surface area (Å²) in [7, 11) is -2.38. The van der Waals surface area contributed by atoms with Crippen LogP contribution in [0.25, 0.3) is 11.1 Å². The van der Waals surface area contributed by atoms with E-state index in [2.05, 4.69) is 20.1 Å². The Morgan fingerprint density at radius 3 is 2.74 bits per heavy atom. The molecule has 1 aliphatic carbocycles. The first-order valence-corrected chi connectivity index (χ1v) is 13.0. The number of pyridine rings is 1. The van der Waals surface area contributed by atoms with E-state index in [0.29, 0.717) is 12.2 Å². The number of aryl methyl sites for hydroxylation is 1. The number of nitrogens with one attached hydrogen (secondary N) is 2. The molecule has 0 spiro atoms. The molecule has 182 valence electrons. The predicted octanol–water partition coefficient (Wildman–Crippen LogP) is 2.65. The highest BCUT2D eigenvalue weighted by Gasteiger charge is 2.26. The standard InChI is InChI=1S/C25H28N6O3S/c1-16(2)31-20(15-27-3)12-25(29-31)35(33,34)30-24(32)13-23-21-6-4-5-17(21)7-8-22(23)18-9-10-28-19(11-18)14-26/h7-12,16,27H,4-6,13,15H2,1-3H3,(H,30,32). The van der Waals surface area contributed by atoms with Crippen LogP contribution in [0.4, 0.5) is 0 Å². The smallest absolute Gasteiger partial charge is 0.283 e. The number of carbonyl (C=O) groups excluding carboxylic acids is 1. The van der Waals surface area contributed by atoms with E-state index in [0.717, 1.165) is 41.5 Å². The maximum absolute atomic E-state index is 13.1. The molecule has 0 saturated heterocycles. The van der Waals surface area contributed by atoms with Gasteiger partial charge in [0.1, 0.15) is 11.8 Å². The van der Waals surface area contributed by atoms with Gasteiger partial charge in [0, 0.05) is 24.8 Å². The minimum absolute atomic E-state index is 0.0360. The third-order valence-corrected chi connectivity index (χ3v) is 7.33. The molecule has 10 heteroatoms. The first-order valence-electron chi connectivity index (χ1n) is 11.5.